The number of nitrogens with zero attached hydrogens (tertiary/aromatic N) is 8. The van der Waals surface area contributed by atoms with Crippen LogP contribution in [0.5, 0.6) is 0 Å². The maximum atomic E-state index is 11.9. The van der Waals surface area contributed by atoms with Crippen LogP contribution in [0.15, 0.2) is 18.3 Å². The summed E-state index contributed by atoms with van der Waals surface area (Å²) in [7, 11) is 0. The lowest BCUT2D eigenvalue weighted by molar-refractivity contribution is -0.128. The number of anilines is 4. The highest BCUT2D eigenvalue weighted by atomic mass is 35.5. The van der Waals surface area contributed by atoms with Crippen LogP contribution >= 0.6 is 11.6 Å². The van der Waals surface area contributed by atoms with Crippen LogP contribution < -0.4 is 15.5 Å². The van der Waals surface area contributed by atoms with Crippen molar-refractivity contribution in [3.05, 3.63) is 34.6 Å². The quantitative estimate of drug-likeness (QED) is 0.505. The summed E-state index contributed by atoms with van der Waals surface area (Å²) in [5, 5.41) is 30.8. The Morgan fingerprint density at radius 1 is 1.16 bits per heavy atom. The molecular weight excluding hydrogens is 504 g/mol. The Kier molecular flexibility index (Phi) is 5.96. The van der Waals surface area contributed by atoms with Gasteiger partial charge >= 0.3 is 0 Å². The van der Waals surface area contributed by atoms with Crippen molar-refractivity contribution in [3.8, 4) is 12.1 Å². The lowest BCUT2D eigenvalue weighted by atomic mass is 9.77. The number of carbonyl (C=O) groups excluding carboxylic acids is 1. The van der Waals surface area contributed by atoms with Crippen molar-refractivity contribution in [2.24, 2.45) is 5.41 Å². The minimum absolute atomic E-state index is 0.137. The second-order valence-electron chi connectivity index (χ2n) is 10.5. The zero-order chi connectivity index (χ0) is 26.4. The minimum Gasteiger partial charge on any atom is -0.370 e. The molecule has 12 heteroatoms. The molecule has 3 aromatic rings. The summed E-state index contributed by atoms with van der Waals surface area (Å²) in [5.41, 5.74) is 2.68. The molecule has 2 saturated heterocycles. The lowest BCUT2D eigenvalue weighted by Gasteiger charge is -2.40. The molecule has 3 aliphatic rings. The number of fused-ring (bicyclic) bond motifs is 1. The molecule has 1 amide bonds. The summed E-state index contributed by atoms with van der Waals surface area (Å²) in [6.45, 7) is 4.85. The molecule has 1 aromatic carbocycles. The molecule has 0 radical (unpaired) electrons. The molecule has 1 saturated carbocycles. The van der Waals surface area contributed by atoms with Crippen molar-refractivity contribution in [3.63, 3.8) is 0 Å². The molecule has 0 bridgehead atoms. The maximum Gasteiger partial charge on any atom is 0.247 e. The van der Waals surface area contributed by atoms with Crippen LogP contribution in [0.3, 0.4) is 0 Å². The highest BCUT2D eigenvalue weighted by Gasteiger charge is 2.41. The zero-order valence-corrected chi connectivity index (χ0v) is 21.8. The van der Waals surface area contributed by atoms with Gasteiger partial charge in [0.1, 0.15) is 6.07 Å². The second-order valence-corrected chi connectivity index (χ2v) is 10.8. The van der Waals surface area contributed by atoms with Gasteiger partial charge in [-0.2, -0.15) is 20.0 Å². The molecule has 2 N–H and O–H groups in total. The van der Waals surface area contributed by atoms with Gasteiger partial charge in [-0.1, -0.05) is 11.6 Å². The number of likely N-dealkylation sites (tertiary alicyclic amines) is 1. The number of carbonyl (C=O) groups is 1. The van der Waals surface area contributed by atoms with Gasteiger partial charge < -0.3 is 20.4 Å². The number of nitrogens with one attached hydrogen (secondary N) is 2. The molecule has 1 spiro atoms. The first-order valence-electron chi connectivity index (χ1n) is 12.8. The molecule has 2 aliphatic heterocycles. The third kappa shape index (κ3) is 4.44. The molecule has 3 fully saturated rings. The Morgan fingerprint density at radius 2 is 1.92 bits per heavy atom. The molecular formula is C26H27ClN10O. The van der Waals surface area contributed by atoms with Gasteiger partial charge in [-0.25, -0.2) is 4.98 Å². The highest BCUT2D eigenvalue weighted by molar-refractivity contribution is 6.36. The van der Waals surface area contributed by atoms with Crippen molar-refractivity contribution in [2.75, 3.05) is 41.7 Å². The van der Waals surface area contributed by atoms with Gasteiger partial charge in [-0.05, 0) is 49.7 Å². The van der Waals surface area contributed by atoms with Crippen molar-refractivity contribution in [1.29, 1.82) is 10.5 Å². The second kappa shape index (κ2) is 9.34. The molecule has 6 rings (SSSR count). The fourth-order valence-corrected chi connectivity index (χ4v) is 5.75. The van der Waals surface area contributed by atoms with Crippen LogP contribution in [0.4, 0.5) is 23.1 Å². The van der Waals surface area contributed by atoms with E-state index in [4.69, 9.17) is 11.6 Å². The molecule has 11 nitrogen and oxygen atoms in total. The average molecular weight is 531 g/mol. The number of imidazole rings is 1. The van der Waals surface area contributed by atoms with Crippen LogP contribution in [-0.2, 0) is 4.79 Å². The number of benzene rings is 1. The SMILES string of the molecule is CC(=O)N1CCC2(CCN(c3cc(C#N)cc(Nc4nc(NC5CC5)c5ncc(C#N)n5n4)c3Cl)CC2)C1. The van der Waals surface area contributed by atoms with Crippen LogP contribution in [0.1, 0.15) is 50.3 Å². The number of halogens is 1. The van der Waals surface area contributed by atoms with E-state index in [0.29, 0.717) is 39.5 Å². The number of aromatic nitrogens is 4. The van der Waals surface area contributed by atoms with E-state index in [1.54, 1.807) is 13.0 Å². The predicted molar refractivity (Wildman–Crippen MR) is 142 cm³/mol. The monoisotopic (exact) mass is 530 g/mol. The zero-order valence-electron chi connectivity index (χ0n) is 21.0. The van der Waals surface area contributed by atoms with Crippen LogP contribution in [0.2, 0.25) is 5.02 Å². The van der Waals surface area contributed by atoms with Gasteiger partial charge in [0.15, 0.2) is 17.2 Å². The molecule has 0 unspecified atom stereocenters. The third-order valence-electron chi connectivity index (χ3n) is 7.87. The van der Waals surface area contributed by atoms with E-state index in [2.05, 4.69) is 42.7 Å². The Hall–Kier alpha value is -4.09. The van der Waals surface area contributed by atoms with Gasteiger partial charge in [-0.3, -0.25) is 4.79 Å². The smallest absolute Gasteiger partial charge is 0.247 e. The largest absolute Gasteiger partial charge is 0.370 e. The molecule has 2 aromatic heterocycles. The van der Waals surface area contributed by atoms with Crippen molar-refractivity contribution < 1.29 is 4.79 Å². The first-order valence-corrected chi connectivity index (χ1v) is 13.2. The first kappa shape index (κ1) is 24.3. The predicted octanol–water partition coefficient (Wildman–Crippen LogP) is 3.68. The van der Waals surface area contributed by atoms with Crippen molar-refractivity contribution in [2.45, 2.75) is 45.1 Å². The van der Waals surface area contributed by atoms with Crippen LogP contribution in [0, 0.1) is 28.1 Å². The van der Waals surface area contributed by atoms with Gasteiger partial charge in [0.2, 0.25) is 11.9 Å². The van der Waals surface area contributed by atoms with Crippen molar-refractivity contribution >= 4 is 46.3 Å². The van der Waals surface area contributed by atoms with E-state index in [1.165, 1.54) is 10.7 Å². The van der Waals surface area contributed by atoms with Crippen molar-refractivity contribution in [1.82, 2.24) is 24.5 Å². The van der Waals surface area contributed by atoms with Gasteiger partial charge in [0.25, 0.3) is 0 Å². The minimum atomic E-state index is 0.137. The summed E-state index contributed by atoms with van der Waals surface area (Å²) in [6, 6.07) is 8.16. The summed E-state index contributed by atoms with van der Waals surface area (Å²) in [5.74, 6) is 0.918. The fraction of sp³-hybridized carbons (Fsp3) is 0.462. The number of amides is 1. The van der Waals surface area contributed by atoms with Gasteiger partial charge in [-0.15, -0.1) is 5.10 Å². The average Bonchev–Trinajstić information content (AvgIpc) is 3.48. The molecule has 0 atom stereocenters. The number of hydrogen-bond acceptors (Lipinski definition) is 9. The Balaban J connectivity index is 1.28. The molecule has 1 aliphatic carbocycles. The van der Waals surface area contributed by atoms with E-state index in [1.807, 2.05) is 11.0 Å². The topological polar surface area (TPSA) is 138 Å². The van der Waals surface area contributed by atoms with E-state index in [9.17, 15) is 15.3 Å². The number of rotatable bonds is 5. The Labute approximate surface area is 225 Å². The van der Waals surface area contributed by atoms with E-state index in [0.717, 1.165) is 64.0 Å². The number of piperidine rings is 1. The third-order valence-corrected chi connectivity index (χ3v) is 8.27. The van der Waals surface area contributed by atoms with Crippen LogP contribution in [-0.4, -0.2) is 62.6 Å². The summed E-state index contributed by atoms with van der Waals surface area (Å²) < 4.78 is 1.46. The van der Waals surface area contributed by atoms with E-state index in [-0.39, 0.29) is 17.3 Å². The first-order chi connectivity index (χ1) is 18.4. The standard InChI is InChI=1S/C26H27ClN10O/c1-16(38)36-9-6-26(15-36)4-7-35(8-5-26)21-11-17(12-28)10-20(22(21)27)32-25-33-23(31-18-2-3-18)24-30-14-19(13-29)37(24)34-25/h10-11,14,18H,2-9,15H2,1H3,(H2,31,32,33,34). The fourth-order valence-electron chi connectivity index (χ4n) is 5.48. The van der Waals surface area contributed by atoms with E-state index >= 15 is 0 Å². The Morgan fingerprint density at radius 3 is 2.58 bits per heavy atom. The summed E-state index contributed by atoms with van der Waals surface area (Å²) in [4.78, 5) is 24.9. The summed E-state index contributed by atoms with van der Waals surface area (Å²) >= 11 is 6.92. The van der Waals surface area contributed by atoms with Gasteiger partial charge in [0.05, 0.1) is 34.2 Å². The normalized spacial score (nSPS) is 18.4. The van der Waals surface area contributed by atoms with Gasteiger partial charge in [0, 0.05) is 39.1 Å². The van der Waals surface area contributed by atoms with E-state index < -0.39 is 0 Å². The Bertz CT molecular complexity index is 1510. The highest BCUT2D eigenvalue weighted by Crippen LogP contribution is 2.44. The molecule has 4 heterocycles. The number of nitriles is 2. The molecule has 38 heavy (non-hydrogen) atoms. The number of hydrogen-bond donors (Lipinski definition) is 2. The maximum absolute atomic E-state index is 11.9. The molecule has 194 valence electrons. The summed E-state index contributed by atoms with van der Waals surface area (Å²) in [6.07, 6.45) is 6.51. The lowest BCUT2D eigenvalue weighted by Crippen LogP contribution is -2.42. The van der Waals surface area contributed by atoms with Crippen LogP contribution in [0.25, 0.3) is 5.65 Å².